The Morgan fingerprint density at radius 3 is 2.00 bits per heavy atom. The van der Waals surface area contributed by atoms with Crippen LogP contribution in [0.4, 0.5) is 0 Å². The zero-order valence-corrected chi connectivity index (χ0v) is 13.9. The highest BCUT2D eigenvalue weighted by atomic mass is 16.5. The quantitative estimate of drug-likeness (QED) is 0.480. The van der Waals surface area contributed by atoms with E-state index in [1.54, 1.807) is 31.6 Å². The van der Waals surface area contributed by atoms with Crippen molar-refractivity contribution in [1.82, 2.24) is 0 Å². The summed E-state index contributed by atoms with van der Waals surface area (Å²) in [5.41, 5.74) is 2.20. The molecule has 0 aliphatic heterocycles. The van der Waals surface area contributed by atoms with E-state index in [2.05, 4.69) is 20.1 Å². The van der Waals surface area contributed by atoms with Gasteiger partial charge in [-0.15, -0.1) is 0 Å². The average molecular weight is 290 g/mol. The normalized spacial score (nSPS) is 13.8. The minimum atomic E-state index is 0.0271. The molecule has 0 radical (unpaired) electrons. The van der Waals surface area contributed by atoms with Gasteiger partial charge in [0.2, 0.25) is 0 Å². The Balaban J connectivity index is 0. The Hall–Kier alpha value is -1.80. The third-order valence-corrected chi connectivity index (χ3v) is 2.65. The van der Waals surface area contributed by atoms with Crippen molar-refractivity contribution in [3.8, 4) is 0 Å². The number of ether oxygens (including phenoxy) is 1. The summed E-state index contributed by atoms with van der Waals surface area (Å²) in [6, 6.07) is 0. The van der Waals surface area contributed by atoms with E-state index < -0.39 is 0 Å². The molecule has 21 heavy (non-hydrogen) atoms. The van der Waals surface area contributed by atoms with Crippen LogP contribution in [-0.4, -0.2) is 18.8 Å². The number of hydrogen-bond donors (Lipinski definition) is 1. The second kappa shape index (κ2) is 16.3. The first kappa shape index (κ1) is 21.5. The third-order valence-electron chi connectivity index (χ3n) is 2.65. The molecular formula is C19H30O2. The Morgan fingerprint density at radius 1 is 1.10 bits per heavy atom. The number of hydrogen-bond acceptors (Lipinski definition) is 2. The second-order valence-corrected chi connectivity index (χ2v) is 3.89. The van der Waals surface area contributed by atoms with Crippen LogP contribution < -0.4 is 0 Å². The van der Waals surface area contributed by atoms with Crippen LogP contribution in [0.5, 0.6) is 0 Å². The number of aliphatic hydroxyl groups is 1. The molecular weight excluding hydrogens is 260 g/mol. The Morgan fingerprint density at radius 2 is 1.62 bits per heavy atom. The summed E-state index contributed by atoms with van der Waals surface area (Å²) in [6.07, 6.45) is 15.6. The zero-order valence-electron chi connectivity index (χ0n) is 13.9. The maximum Gasteiger partial charge on any atom is 0.0827 e. The highest BCUT2D eigenvalue weighted by molar-refractivity contribution is 5.38. The summed E-state index contributed by atoms with van der Waals surface area (Å²) < 4.78 is 4.98. The first-order chi connectivity index (χ1) is 10.2. The first-order valence-electron chi connectivity index (χ1n) is 7.37. The molecule has 0 spiro atoms. The summed E-state index contributed by atoms with van der Waals surface area (Å²) in [7, 11) is 1.62. The standard InChI is InChI=1S/C17H24O2.C2H6/c1-5-9-15(11-8-13-18)17(7-3)16(10-6-2)12-14-19-4;1-2/h5-6,8-12,14,17-18H,1-2,7,13H2,3-4H3;1-2H3/b11-8-,14-12-,15-9+,16-10+;. The highest BCUT2D eigenvalue weighted by Gasteiger charge is 2.13. The van der Waals surface area contributed by atoms with E-state index in [9.17, 15) is 0 Å². The van der Waals surface area contributed by atoms with Crippen molar-refractivity contribution >= 4 is 0 Å². The molecule has 0 aliphatic carbocycles. The molecule has 2 heteroatoms. The fourth-order valence-electron chi connectivity index (χ4n) is 1.85. The van der Waals surface area contributed by atoms with Gasteiger partial charge in [-0.05, 0) is 23.6 Å². The van der Waals surface area contributed by atoms with Gasteiger partial charge in [-0.2, -0.15) is 0 Å². The van der Waals surface area contributed by atoms with Crippen LogP contribution in [-0.2, 0) is 4.74 Å². The van der Waals surface area contributed by atoms with Crippen LogP contribution in [0.25, 0.3) is 0 Å². The maximum absolute atomic E-state index is 8.92. The summed E-state index contributed by atoms with van der Waals surface area (Å²) in [4.78, 5) is 0. The molecule has 118 valence electrons. The fraction of sp³-hybridized carbons (Fsp3) is 0.368. The van der Waals surface area contributed by atoms with Gasteiger partial charge in [0.05, 0.1) is 20.0 Å². The second-order valence-electron chi connectivity index (χ2n) is 3.89. The minimum absolute atomic E-state index is 0.0271. The van der Waals surface area contributed by atoms with Gasteiger partial charge in [-0.1, -0.05) is 70.4 Å². The Bertz CT molecular complexity index is 348. The average Bonchev–Trinajstić information content (AvgIpc) is 2.52. The number of allylic oxidation sites excluding steroid dienone is 8. The molecule has 1 unspecified atom stereocenters. The molecule has 0 rings (SSSR count). The van der Waals surface area contributed by atoms with Crippen molar-refractivity contribution in [2.24, 2.45) is 5.92 Å². The molecule has 0 aromatic carbocycles. The predicted octanol–water partition coefficient (Wildman–Crippen LogP) is 4.97. The molecule has 0 bridgehead atoms. The van der Waals surface area contributed by atoms with E-state index in [-0.39, 0.29) is 12.5 Å². The van der Waals surface area contributed by atoms with E-state index >= 15 is 0 Å². The van der Waals surface area contributed by atoms with Crippen molar-refractivity contribution in [2.45, 2.75) is 27.2 Å². The minimum Gasteiger partial charge on any atom is -0.504 e. The van der Waals surface area contributed by atoms with E-state index in [1.807, 2.05) is 38.2 Å². The van der Waals surface area contributed by atoms with Gasteiger partial charge in [0.25, 0.3) is 0 Å². The highest BCUT2D eigenvalue weighted by Crippen LogP contribution is 2.26. The molecule has 1 N–H and O–H groups in total. The summed E-state index contributed by atoms with van der Waals surface area (Å²) in [5, 5.41) is 8.92. The molecule has 1 atom stereocenters. The monoisotopic (exact) mass is 290 g/mol. The summed E-state index contributed by atoms with van der Waals surface area (Å²) >= 11 is 0. The molecule has 0 fully saturated rings. The first-order valence-corrected chi connectivity index (χ1v) is 7.37. The maximum atomic E-state index is 8.92. The lowest BCUT2D eigenvalue weighted by Gasteiger charge is -2.17. The molecule has 0 saturated carbocycles. The Labute approximate surface area is 130 Å². The van der Waals surface area contributed by atoms with Gasteiger partial charge in [-0.3, -0.25) is 0 Å². The molecule has 0 aromatic heterocycles. The van der Waals surface area contributed by atoms with Gasteiger partial charge in [0, 0.05) is 5.92 Å². The van der Waals surface area contributed by atoms with Crippen molar-refractivity contribution in [3.63, 3.8) is 0 Å². The molecule has 0 heterocycles. The predicted molar refractivity (Wildman–Crippen MR) is 94.1 cm³/mol. The number of aliphatic hydroxyl groups excluding tert-OH is 1. The van der Waals surface area contributed by atoms with Gasteiger partial charge in [-0.25, -0.2) is 0 Å². The topological polar surface area (TPSA) is 29.5 Å². The lowest BCUT2D eigenvalue weighted by atomic mass is 9.87. The van der Waals surface area contributed by atoms with Crippen LogP contribution in [0.2, 0.25) is 0 Å². The van der Waals surface area contributed by atoms with Crippen LogP contribution >= 0.6 is 0 Å². The molecule has 0 amide bonds. The number of methoxy groups -OCH3 is 1. The van der Waals surface area contributed by atoms with Gasteiger partial charge in [0.1, 0.15) is 0 Å². The van der Waals surface area contributed by atoms with Crippen molar-refractivity contribution in [2.75, 3.05) is 13.7 Å². The van der Waals surface area contributed by atoms with Crippen LogP contribution in [0.1, 0.15) is 27.2 Å². The van der Waals surface area contributed by atoms with Crippen LogP contribution in [0.3, 0.4) is 0 Å². The Kier molecular flexibility index (Phi) is 16.6. The molecule has 0 aromatic rings. The van der Waals surface area contributed by atoms with Gasteiger partial charge >= 0.3 is 0 Å². The smallest absolute Gasteiger partial charge is 0.0827 e. The van der Waals surface area contributed by atoms with Crippen LogP contribution in [0.15, 0.2) is 73.1 Å². The van der Waals surface area contributed by atoms with Gasteiger partial charge in [0.15, 0.2) is 0 Å². The molecule has 2 nitrogen and oxygen atoms in total. The van der Waals surface area contributed by atoms with Crippen molar-refractivity contribution < 1.29 is 9.84 Å². The van der Waals surface area contributed by atoms with Crippen LogP contribution in [0, 0.1) is 5.92 Å². The SMILES string of the molecule is C=C/C=C(\C=C/OC)C(CC)C(/C=C\CO)=C/C=C.CC. The largest absolute Gasteiger partial charge is 0.504 e. The third kappa shape index (κ3) is 9.69. The summed E-state index contributed by atoms with van der Waals surface area (Å²) in [6.45, 7) is 13.6. The number of rotatable bonds is 9. The molecule has 0 saturated heterocycles. The van der Waals surface area contributed by atoms with Crippen molar-refractivity contribution in [1.29, 1.82) is 0 Å². The molecule has 0 aliphatic rings. The van der Waals surface area contributed by atoms with Crippen molar-refractivity contribution in [3.05, 3.63) is 73.1 Å². The lowest BCUT2D eigenvalue weighted by Crippen LogP contribution is -2.04. The van der Waals surface area contributed by atoms with E-state index in [4.69, 9.17) is 9.84 Å². The van der Waals surface area contributed by atoms with Gasteiger partial charge < -0.3 is 9.84 Å². The summed E-state index contributed by atoms with van der Waals surface area (Å²) in [5.74, 6) is 0.213. The fourth-order valence-corrected chi connectivity index (χ4v) is 1.85. The lowest BCUT2D eigenvalue weighted by molar-refractivity contribution is 0.337. The zero-order chi connectivity index (χ0) is 16.5. The van der Waals surface area contributed by atoms with E-state index in [1.165, 1.54) is 0 Å². The van der Waals surface area contributed by atoms with E-state index in [0.29, 0.717) is 0 Å². The van der Waals surface area contributed by atoms with E-state index in [0.717, 1.165) is 17.6 Å².